The number of hydrogen-bond donors (Lipinski definition) is 5. The van der Waals surface area contributed by atoms with Gasteiger partial charge in [0.15, 0.2) is 0 Å². The molecule has 0 aliphatic heterocycles. The van der Waals surface area contributed by atoms with Crippen LogP contribution in [0.3, 0.4) is 0 Å². The van der Waals surface area contributed by atoms with Crippen LogP contribution in [0.1, 0.15) is 231 Å². The number of carbonyl (C=O) groups is 3. The second-order valence-corrected chi connectivity index (χ2v) is 20.7. The molecule has 1 aromatic carbocycles. The predicted molar refractivity (Wildman–Crippen MR) is 275 cm³/mol. The van der Waals surface area contributed by atoms with Gasteiger partial charge in [0.05, 0.1) is 24.4 Å². The normalized spacial score (nSPS) is 21.7. The van der Waals surface area contributed by atoms with Crippen molar-refractivity contribution in [1.29, 1.82) is 0 Å². The maximum Gasteiger partial charge on any atom is 0.302 e. The molecule has 3 aliphatic rings. The van der Waals surface area contributed by atoms with E-state index in [0.29, 0.717) is 36.3 Å². The van der Waals surface area contributed by atoms with E-state index in [2.05, 4.69) is 25.5 Å². The van der Waals surface area contributed by atoms with Crippen molar-refractivity contribution < 1.29 is 54.1 Å². The van der Waals surface area contributed by atoms with Gasteiger partial charge in [-0.05, 0) is 112 Å². The van der Waals surface area contributed by atoms with E-state index in [9.17, 15) is 39.9 Å². The smallest absolute Gasteiger partial charge is 0.302 e. The number of ether oxygens (including phenoxy) is 3. The summed E-state index contributed by atoms with van der Waals surface area (Å²) in [6.45, 7) is 10.2. The van der Waals surface area contributed by atoms with Crippen LogP contribution in [0.15, 0.2) is 30.9 Å². The van der Waals surface area contributed by atoms with Crippen molar-refractivity contribution in [2.75, 3.05) is 13.2 Å². The van der Waals surface area contributed by atoms with Crippen LogP contribution < -0.4 is 0 Å². The third kappa shape index (κ3) is 26.6. The van der Waals surface area contributed by atoms with E-state index in [-0.39, 0.29) is 43.5 Å². The highest BCUT2D eigenvalue weighted by molar-refractivity contribution is 5.66. The molecule has 2 saturated carbocycles. The Morgan fingerprint density at radius 3 is 1.67 bits per heavy atom. The third-order valence-corrected chi connectivity index (χ3v) is 14.8. The second kappa shape index (κ2) is 36.5. The van der Waals surface area contributed by atoms with Gasteiger partial charge in [0, 0.05) is 45.4 Å². The van der Waals surface area contributed by atoms with Gasteiger partial charge in [-0.1, -0.05) is 122 Å². The largest absolute Gasteiger partial charge is 0.508 e. The van der Waals surface area contributed by atoms with Gasteiger partial charge in [0.25, 0.3) is 0 Å². The number of carbonyl (C=O) groups excluding carboxylic acids is 3. The third-order valence-electron chi connectivity index (χ3n) is 14.8. The number of aliphatic hydroxyl groups is 4. The Balaban J connectivity index is 0.000000355. The number of aliphatic hydroxyl groups excluding tert-OH is 4. The summed E-state index contributed by atoms with van der Waals surface area (Å²) in [5, 5.41) is 48.6. The van der Waals surface area contributed by atoms with Gasteiger partial charge in [0.1, 0.15) is 25.1 Å². The highest BCUT2D eigenvalue weighted by atomic mass is 16.5. The first-order chi connectivity index (χ1) is 33.1. The molecule has 0 saturated heterocycles. The lowest BCUT2D eigenvalue weighted by molar-refractivity contribution is -0.154. The molecule has 0 heterocycles. The van der Waals surface area contributed by atoms with Crippen molar-refractivity contribution in [1.82, 2.24) is 0 Å². The fourth-order valence-electron chi connectivity index (χ4n) is 11.1. The van der Waals surface area contributed by atoms with Crippen LogP contribution >= 0.6 is 0 Å². The fourth-order valence-corrected chi connectivity index (χ4v) is 11.1. The van der Waals surface area contributed by atoms with Gasteiger partial charge in [-0.2, -0.15) is 0 Å². The maximum atomic E-state index is 11.4. The molecule has 5 N–H and O–H groups in total. The molecule has 4 rings (SSSR count). The zero-order valence-corrected chi connectivity index (χ0v) is 43.5. The number of benzene rings is 1. The lowest BCUT2D eigenvalue weighted by Crippen LogP contribution is -2.45. The van der Waals surface area contributed by atoms with Crippen molar-refractivity contribution in [2.24, 2.45) is 17.3 Å². The van der Waals surface area contributed by atoms with Gasteiger partial charge >= 0.3 is 17.9 Å². The fraction of sp³-hybridized carbons (Fsp3) is 0.776. The summed E-state index contributed by atoms with van der Waals surface area (Å²) in [4.78, 5) is 32.7. The Bertz CT molecular complexity index is 1610. The molecule has 394 valence electrons. The zero-order valence-electron chi connectivity index (χ0n) is 43.5. The van der Waals surface area contributed by atoms with Gasteiger partial charge in [0.2, 0.25) is 0 Å². The van der Waals surface area contributed by atoms with Crippen LogP contribution in [0.2, 0.25) is 0 Å². The minimum atomic E-state index is -0.775. The van der Waals surface area contributed by atoms with E-state index in [0.717, 1.165) is 64.2 Å². The molecule has 1 aromatic rings. The zero-order chi connectivity index (χ0) is 50.9. The number of aromatic hydroxyl groups is 1. The Morgan fingerprint density at radius 2 is 1.19 bits per heavy atom. The highest BCUT2D eigenvalue weighted by Crippen LogP contribution is 2.61. The molecular formula is C58H96O11. The SMILES string of the molecule is C#CCCCCCCCCCCCC(O)CC(O)COC(C)=O.C=CCCCCCCCCCCCC(O)CC(O)COC(C)=O.CC(=O)OC1CCC2C3CCc4cc(O)ccc4C3CCC12C. The average molecular weight is 969 g/mol. The molecule has 3 aliphatic carbocycles. The second-order valence-electron chi connectivity index (χ2n) is 20.7. The minimum Gasteiger partial charge on any atom is -0.508 e. The summed E-state index contributed by atoms with van der Waals surface area (Å²) >= 11 is 0. The van der Waals surface area contributed by atoms with E-state index < -0.39 is 36.4 Å². The van der Waals surface area contributed by atoms with E-state index >= 15 is 0 Å². The topological polar surface area (TPSA) is 180 Å². The van der Waals surface area contributed by atoms with Crippen molar-refractivity contribution in [3.63, 3.8) is 0 Å². The Kier molecular flexibility index (Phi) is 32.6. The van der Waals surface area contributed by atoms with Crippen LogP contribution in [-0.4, -0.2) is 87.2 Å². The first kappa shape index (κ1) is 61.7. The number of aryl methyl sites for hydroxylation is 1. The Labute approximate surface area is 418 Å². The average Bonchev–Trinajstić information content (AvgIpc) is 3.63. The first-order valence-electron chi connectivity index (χ1n) is 27.1. The van der Waals surface area contributed by atoms with Gasteiger partial charge in [-0.25, -0.2) is 0 Å². The summed E-state index contributed by atoms with van der Waals surface area (Å²) in [5.41, 5.74) is 2.95. The molecule has 9 unspecified atom stereocenters. The number of phenolic OH excluding ortho intramolecular Hbond substituents is 1. The first-order valence-corrected chi connectivity index (χ1v) is 27.1. The van der Waals surface area contributed by atoms with Gasteiger partial charge in [-0.3, -0.25) is 14.4 Å². The lowest BCUT2D eigenvalue weighted by atomic mass is 9.55. The summed E-state index contributed by atoms with van der Waals surface area (Å²) in [5.74, 6) is 4.09. The van der Waals surface area contributed by atoms with Crippen LogP contribution in [0.4, 0.5) is 0 Å². The monoisotopic (exact) mass is 969 g/mol. The van der Waals surface area contributed by atoms with Crippen LogP contribution in [0.5, 0.6) is 5.75 Å². The van der Waals surface area contributed by atoms with Crippen LogP contribution in [0, 0.1) is 29.6 Å². The molecular weight excluding hydrogens is 873 g/mol. The van der Waals surface area contributed by atoms with Crippen LogP contribution in [-0.2, 0) is 35.0 Å². The number of terminal acetylenes is 1. The van der Waals surface area contributed by atoms with Crippen LogP contribution in [0.25, 0.3) is 0 Å². The predicted octanol–water partition coefficient (Wildman–Crippen LogP) is 11.9. The maximum absolute atomic E-state index is 11.4. The number of esters is 3. The molecule has 0 aromatic heterocycles. The quantitative estimate of drug-likeness (QED) is 0.0152. The molecule has 11 nitrogen and oxygen atoms in total. The molecule has 0 spiro atoms. The number of phenols is 1. The standard InChI is InChI=1S/C20H26O3.C19H36O4.C19H34O4/c1-12(21)23-19-8-7-18-17-5-3-13-11-14(22)4-6-15(13)16(17)9-10-20(18,19)2;2*1-3-4-5-6-7-8-9-10-11-12-13-14-18(21)15-19(22)16-23-17(2)20/h4,6,11,16-19,22H,3,5,7-10H2,1-2H3;3,18-19,21-22H,1,4-16H2,2H3;1,18-19,21-22H,4-16H2,2H3. The van der Waals surface area contributed by atoms with Gasteiger partial charge < -0.3 is 39.7 Å². The van der Waals surface area contributed by atoms with E-state index in [1.54, 1.807) is 0 Å². The molecule has 11 heteroatoms. The Hall–Kier alpha value is -3.43. The summed E-state index contributed by atoms with van der Waals surface area (Å²) < 4.78 is 15.1. The van der Waals surface area contributed by atoms with Crippen molar-refractivity contribution in [3.8, 4) is 18.1 Å². The number of allylic oxidation sites excluding steroid dienone is 1. The lowest BCUT2D eigenvalue weighted by Gasteiger charge is -2.50. The molecule has 69 heavy (non-hydrogen) atoms. The van der Waals surface area contributed by atoms with Crippen molar-refractivity contribution >= 4 is 17.9 Å². The van der Waals surface area contributed by atoms with Gasteiger partial charge in [-0.15, -0.1) is 18.9 Å². The molecule has 2 fully saturated rings. The van der Waals surface area contributed by atoms with E-state index in [1.165, 1.54) is 135 Å². The van der Waals surface area contributed by atoms with Crippen molar-refractivity contribution in [3.05, 3.63) is 42.0 Å². The number of unbranched alkanes of at least 4 members (excludes halogenated alkanes) is 18. The summed E-state index contributed by atoms with van der Waals surface area (Å²) in [6, 6.07) is 5.93. The number of rotatable bonds is 32. The van der Waals surface area contributed by atoms with E-state index in [4.69, 9.17) is 20.6 Å². The molecule has 0 radical (unpaired) electrons. The summed E-state index contributed by atoms with van der Waals surface area (Å²) in [7, 11) is 0. The minimum absolute atomic E-state index is 0.0286. The summed E-state index contributed by atoms with van der Waals surface area (Å²) in [6.07, 6.45) is 37.4. The molecule has 0 amide bonds. The van der Waals surface area contributed by atoms with Crippen molar-refractivity contribution in [2.45, 2.75) is 257 Å². The Morgan fingerprint density at radius 1 is 0.696 bits per heavy atom. The molecule has 0 bridgehead atoms. The highest BCUT2D eigenvalue weighted by Gasteiger charge is 2.56. The van der Waals surface area contributed by atoms with E-state index in [1.807, 2.05) is 18.2 Å². The number of fused-ring (bicyclic) bond motifs is 5. The molecule has 9 atom stereocenters. The number of hydrogen-bond acceptors (Lipinski definition) is 11.